The largest absolute Gasteiger partial charge is 0.456 e. The first kappa shape index (κ1) is 12.8. The second kappa shape index (κ2) is 5.77. The van der Waals surface area contributed by atoms with Gasteiger partial charge in [0.05, 0.1) is 11.6 Å². The molecule has 2 rings (SSSR count). The second-order valence-corrected chi connectivity index (χ2v) is 5.04. The molecule has 1 aromatic rings. The highest BCUT2D eigenvalue weighted by Crippen LogP contribution is 2.22. The van der Waals surface area contributed by atoms with Crippen molar-refractivity contribution in [3.05, 3.63) is 35.9 Å². The van der Waals surface area contributed by atoms with E-state index in [1.165, 1.54) is 0 Å². The summed E-state index contributed by atoms with van der Waals surface area (Å²) in [7, 11) is 0. The lowest BCUT2D eigenvalue weighted by molar-refractivity contribution is 0.0306. The van der Waals surface area contributed by atoms with Gasteiger partial charge in [0.2, 0.25) is 0 Å². The molecule has 3 N–H and O–H groups in total. The normalized spacial score (nSPS) is 22.4. The van der Waals surface area contributed by atoms with Gasteiger partial charge in [-0.2, -0.15) is 11.8 Å². The van der Waals surface area contributed by atoms with E-state index in [1.54, 1.807) is 36.0 Å². The van der Waals surface area contributed by atoms with Crippen molar-refractivity contribution in [3.8, 4) is 0 Å². The predicted molar refractivity (Wildman–Crippen MR) is 69.5 cm³/mol. The molecule has 0 radical (unpaired) electrons. The molecule has 5 nitrogen and oxygen atoms in total. The number of benzene rings is 1. The van der Waals surface area contributed by atoms with Gasteiger partial charge in [-0.1, -0.05) is 18.2 Å². The fourth-order valence-electron chi connectivity index (χ4n) is 1.75. The number of ether oxygens (including phenoxy) is 1. The molecule has 2 atom stereocenters. The highest BCUT2D eigenvalue weighted by Gasteiger charge is 2.32. The Balaban J connectivity index is 1.96. The minimum absolute atomic E-state index is 0.208. The van der Waals surface area contributed by atoms with Crippen LogP contribution in [0.4, 0.5) is 4.79 Å². The van der Waals surface area contributed by atoms with Crippen LogP contribution in [0.1, 0.15) is 10.4 Å². The van der Waals surface area contributed by atoms with Crippen molar-refractivity contribution in [3.63, 3.8) is 0 Å². The Morgan fingerprint density at radius 2 is 2.00 bits per heavy atom. The summed E-state index contributed by atoms with van der Waals surface area (Å²) in [6, 6.07) is 7.98. The van der Waals surface area contributed by atoms with Gasteiger partial charge in [-0.15, -0.1) is 0 Å². The van der Waals surface area contributed by atoms with Crippen molar-refractivity contribution in [2.75, 3.05) is 11.5 Å². The van der Waals surface area contributed by atoms with Gasteiger partial charge in [0, 0.05) is 11.5 Å². The third kappa shape index (κ3) is 3.16. The van der Waals surface area contributed by atoms with E-state index < -0.39 is 6.03 Å². The molecule has 1 saturated heterocycles. The van der Waals surface area contributed by atoms with E-state index in [1.807, 2.05) is 6.07 Å². The van der Waals surface area contributed by atoms with E-state index in [0.717, 1.165) is 0 Å². The van der Waals surface area contributed by atoms with Crippen LogP contribution in [-0.2, 0) is 4.74 Å². The number of esters is 1. The molecule has 2 amide bonds. The van der Waals surface area contributed by atoms with Crippen LogP contribution in [0.15, 0.2) is 30.3 Å². The van der Waals surface area contributed by atoms with Crippen molar-refractivity contribution in [2.45, 2.75) is 12.1 Å². The number of amides is 2. The first-order chi connectivity index (χ1) is 8.66. The van der Waals surface area contributed by atoms with E-state index in [4.69, 9.17) is 10.5 Å². The summed E-state index contributed by atoms with van der Waals surface area (Å²) in [4.78, 5) is 22.7. The molecule has 0 spiro atoms. The summed E-state index contributed by atoms with van der Waals surface area (Å²) < 4.78 is 5.38. The molecule has 0 aliphatic carbocycles. The third-order valence-electron chi connectivity index (χ3n) is 2.62. The van der Waals surface area contributed by atoms with E-state index >= 15 is 0 Å². The highest BCUT2D eigenvalue weighted by molar-refractivity contribution is 7.99. The molecule has 0 aromatic heterocycles. The zero-order chi connectivity index (χ0) is 13.0. The maximum atomic E-state index is 11.9. The predicted octanol–water partition coefficient (Wildman–Crippen LogP) is 0.996. The number of carbonyl (C=O) groups is 2. The summed E-state index contributed by atoms with van der Waals surface area (Å²) in [5.74, 6) is 0.999. The van der Waals surface area contributed by atoms with Crippen LogP contribution in [0.25, 0.3) is 0 Å². The average molecular weight is 266 g/mol. The molecule has 18 heavy (non-hydrogen) atoms. The number of hydrogen-bond acceptors (Lipinski definition) is 4. The van der Waals surface area contributed by atoms with E-state index in [2.05, 4.69) is 5.32 Å². The van der Waals surface area contributed by atoms with Gasteiger partial charge < -0.3 is 15.8 Å². The van der Waals surface area contributed by atoms with Crippen molar-refractivity contribution >= 4 is 23.8 Å². The van der Waals surface area contributed by atoms with Crippen molar-refractivity contribution < 1.29 is 14.3 Å². The molecule has 6 heteroatoms. The Kier molecular flexibility index (Phi) is 4.09. The number of thioether (sulfide) groups is 1. The summed E-state index contributed by atoms with van der Waals surface area (Å²) in [6.07, 6.45) is -0.324. The number of urea groups is 1. The average Bonchev–Trinajstić information content (AvgIpc) is 2.77. The number of carbonyl (C=O) groups excluding carboxylic acids is 2. The van der Waals surface area contributed by atoms with Gasteiger partial charge in [-0.3, -0.25) is 0 Å². The zero-order valence-corrected chi connectivity index (χ0v) is 10.5. The zero-order valence-electron chi connectivity index (χ0n) is 9.67. The van der Waals surface area contributed by atoms with Crippen molar-refractivity contribution in [1.82, 2.24) is 5.32 Å². The second-order valence-electron chi connectivity index (χ2n) is 3.96. The quantitative estimate of drug-likeness (QED) is 0.800. The summed E-state index contributed by atoms with van der Waals surface area (Å²) in [6.45, 7) is 0. The van der Waals surface area contributed by atoms with Crippen molar-refractivity contribution in [2.24, 2.45) is 5.73 Å². The van der Waals surface area contributed by atoms with Gasteiger partial charge in [-0.05, 0) is 12.1 Å². The van der Waals surface area contributed by atoms with Gasteiger partial charge in [-0.25, -0.2) is 9.59 Å². The van der Waals surface area contributed by atoms with E-state index in [0.29, 0.717) is 17.1 Å². The monoisotopic (exact) mass is 266 g/mol. The molecular formula is C12H14N2O3S. The van der Waals surface area contributed by atoms with Crippen LogP contribution in [-0.4, -0.2) is 35.7 Å². The lowest BCUT2D eigenvalue weighted by atomic mass is 10.2. The lowest BCUT2D eigenvalue weighted by Gasteiger charge is -2.19. The number of nitrogens with two attached hydrogens (primary N) is 1. The molecule has 1 aliphatic rings. The molecule has 0 unspecified atom stereocenters. The fourth-order valence-corrected chi connectivity index (χ4v) is 2.97. The third-order valence-corrected chi connectivity index (χ3v) is 3.78. The van der Waals surface area contributed by atoms with Crippen LogP contribution >= 0.6 is 11.8 Å². The Hall–Kier alpha value is -1.69. The van der Waals surface area contributed by atoms with Gasteiger partial charge in [0.25, 0.3) is 0 Å². The first-order valence-electron chi connectivity index (χ1n) is 5.56. The van der Waals surface area contributed by atoms with Crippen LogP contribution in [0.3, 0.4) is 0 Å². The number of nitrogens with one attached hydrogen (secondary N) is 1. The Morgan fingerprint density at radius 1 is 1.28 bits per heavy atom. The molecule has 1 aromatic carbocycles. The highest BCUT2D eigenvalue weighted by atomic mass is 32.2. The number of hydrogen-bond donors (Lipinski definition) is 2. The van der Waals surface area contributed by atoms with Crippen LogP contribution < -0.4 is 11.1 Å². The molecule has 96 valence electrons. The fraction of sp³-hybridized carbons (Fsp3) is 0.333. The lowest BCUT2D eigenvalue weighted by Crippen LogP contribution is -2.46. The minimum atomic E-state index is -0.594. The molecule has 0 bridgehead atoms. The van der Waals surface area contributed by atoms with E-state index in [9.17, 15) is 9.59 Å². The maximum Gasteiger partial charge on any atom is 0.338 e. The Bertz CT molecular complexity index is 438. The Labute approximate surface area is 109 Å². The standard InChI is InChI=1S/C12H14N2O3S/c13-12(16)14-9-6-18-7-10(9)17-11(15)8-4-2-1-3-5-8/h1-5,9-10H,6-7H2,(H3,13,14,16)/t9-,10+/m1/s1. The molecule has 1 fully saturated rings. The molecule has 1 aliphatic heterocycles. The van der Waals surface area contributed by atoms with E-state index in [-0.39, 0.29) is 18.1 Å². The van der Waals surface area contributed by atoms with Gasteiger partial charge in [0.1, 0.15) is 6.10 Å². The van der Waals surface area contributed by atoms with Crippen molar-refractivity contribution in [1.29, 1.82) is 0 Å². The summed E-state index contributed by atoms with van der Waals surface area (Å²) >= 11 is 1.62. The van der Waals surface area contributed by atoms with Gasteiger partial charge >= 0.3 is 12.0 Å². The SMILES string of the molecule is NC(=O)N[C@@H]1CSC[C@@H]1OC(=O)c1ccccc1. The summed E-state index contributed by atoms with van der Waals surface area (Å²) in [5, 5.41) is 2.59. The summed E-state index contributed by atoms with van der Waals surface area (Å²) in [5.41, 5.74) is 5.58. The van der Waals surface area contributed by atoms with Crippen LogP contribution in [0, 0.1) is 0 Å². The van der Waals surface area contributed by atoms with Gasteiger partial charge in [0.15, 0.2) is 0 Å². The maximum absolute atomic E-state index is 11.9. The first-order valence-corrected chi connectivity index (χ1v) is 6.72. The minimum Gasteiger partial charge on any atom is -0.456 e. The number of primary amides is 1. The number of rotatable bonds is 3. The molecule has 0 saturated carbocycles. The molecular weight excluding hydrogens is 252 g/mol. The van der Waals surface area contributed by atoms with Crippen LogP contribution in [0.2, 0.25) is 0 Å². The topological polar surface area (TPSA) is 81.4 Å². The smallest absolute Gasteiger partial charge is 0.338 e. The molecule has 1 heterocycles. The Morgan fingerprint density at radius 3 is 2.67 bits per heavy atom. The van der Waals surface area contributed by atoms with Crippen LogP contribution in [0.5, 0.6) is 0 Å².